The lowest BCUT2D eigenvalue weighted by atomic mass is 9.97. The van der Waals surface area contributed by atoms with Crippen LogP contribution in [0, 0.1) is 6.92 Å². The molecule has 0 N–H and O–H groups in total. The van der Waals surface area contributed by atoms with Gasteiger partial charge in [0, 0.05) is 11.5 Å². The molecule has 5 nitrogen and oxygen atoms in total. The largest absolute Gasteiger partial charge is 0.361 e. The second-order valence-corrected chi connectivity index (χ2v) is 4.50. The molecule has 2 heterocycles. The first kappa shape index (κ1) is 9.89. The third kappa shape index (κ3) is 1.91. The van der Waals surface area contributed by atoms with Crippen LogP contribution >= 0.6 is 0 Å². The van der Waals surface area contributed by atoms with Gasteiger partial charge in [0.05, 0.1) is 0 Å². The van der Waals surface area contributed by atoms with Crippen LogP contribution in [0.1, 0.15) is 32.4 Å². The monoisotopic (exact) mass is 207 g/mol. The van der Waals surface area contributed by atoms with E-state index in [1.54, 1.807) is 6.07 Å². The number of aromatic nitrogens is 3. The first-order valence-corrected chi connectivity index (χ1v) is 4.75. The number of hydrogen-bond acceptors (Lipinski definition) is 5. The Morgan fingerprint density at radius 3 is 2.33 bits per heavy atom. The van der Waals surface area contributed by atoms with Crippen molar-refractivity contribution in [3.05, 3.63) is 17.7 Å². The third-order valence-electron chi connectivity index (χ3n) is 1.92. The van der Waals surface area contributed by atoms with Crippen LogP contribution in [0.15, 0.2) is 15.1 Å². The minimum Gasteiger partial charge on any atom is -0.361 e. The molecule has 2 rings (SSSR count). The molecule has 15 heavy (non-hydrogen) atoms. The molecule has 0 amide bonds. The molecule has 0 atom stereocenters. The maximum Gasteiger partial charge on any atom is 0.232 e. The maximum atomic E-state index is 5.15. The average molecular weight is 207 g/mol. The first-order chi connectivity index (χ1) is 6.97. The molecular formula is C10H13N3O2. The van der Waals surface area contributed by atoms with E-state index in [1.807, 2.05) is 27.7 Å². The summed E-state index contributed by atoms with van der Waals surface area (Å²) >= 11 is 0. The highest BCUT2D eigenvalue weighted by atomic mass is 16.5. The zero-order valence-corrected chi connectivity index (χ0v) is 9.24. The molecule has 0 aliphatic rings. The van der Waals surface area contributed by atoms with Crippen LogP contribution in [0.25, 0.3) is 11.5 Å². The molecule has 2 aromatic rings. The molecule has 0 aliphatic heterocycles. The smallest absolute Gasteiger partial charge is 0.232 e. The van der Waals surface area contributed by atoms with E-state index in [0.717, 1.165) is 5.76 Å². The molecule has 0 aromatic carbocycles. The Morgan fingerprint density at radius 2 is 1.87 bits per heavy atom. The summed E-state index contributed by atoms with van der Waals surface area (Å²) in [5.74, 6) is 1.79. The fourth-order valence-corrected chi connectivity index (χ4v) is 1.10. The van der Waals surface area contributed by atoms with E-state index in [1.165, 1.54) is 0 Å². The molecular weight excluding hydrogens is 194 g/mol. The van der Waals surface area contributed by atoms with E-state index in [0.29, 0.717) is 17.4 Å². The predicted molar refractivity (Wildman–Crippen MR) is 53.2 cm³/mol. The van der Waals surface area contributed by atoms with E-state index >= 15 is 0 Å². The molecule has 0 saturated carbocycles. The highest BCUT2D eigenvalue weighted by molar-refractivity contribution is 5.47. The van der Waals surface area contributed by atoms with E-state index in [-0.39, 0.29) is 5.41 Å². The average Bonchev–Trinajstić information content (AvgIpc) is 2.69. The Bertz CT molecular complexity index is 465. The third-order valence-corrected chi connectivity index (χ3v) is 1.92. The van der Waals surface area contributed by atoms with Crippen LogP contribution in [0.3, 0.4) is 0 Å². The normalized spacial score (nSPS) is 12.0. The number of aryl methyl sites for hydroxylation is 1. The van der Waals surface area contributed by atoms with Crippen molar-refractivity contribution in [1.82, 2.24) is 15.3 Å². The zero-order valence-electron chi connectivity index (χ0n) is 9.24. The highest BCUT2D eigenvalue weighted by Crippen LogP contribution is 2.23. The molecule has 0 spiro atoms. The molecule has 0 saturated heterocycles. The van der Waals surface area contributed by atoms with Gasteiger partial charge in [0.1, 0.15) is 5.76 Å². The van der Waals surface area contributed by atoms with Crippen LogP contribution in [0.2, 0.25) is 0 Å². The van der Waals surface area contributed by atoms with Crippen LogP contribution in [0.4, 0.5) is 0 Å². The lowest BCUT2D eigenvalue weighted by molar-refractivity contribution is 0.321. The standard InChI is InChI=1S/C10H13N3O2/c1-6-5-7(12-14-6)8-11-9(15-13-8)10(2,3)4/h5H,1-4H3. The van der Waals surface area contributed by atoms with E-state index in [2.05, 4.69) is 15.3 Å². The Kier molecular flexibility index (Phi) is 2.10. The van der Waals surface area contributed by atoms with E-state index in [9.17, 15) is 0 Å². The van der Waals surface area contributed by atoms with Gasteiger partial charge in [-0.25, -0.2) is 0 Å². The van der Waals surface area contributed by atoms with Gasteiger partial charge in [0.2, 0.25) is 11.7 Å². The second-order valence-electron chi connectivity index (χ2n) is 4.50. The molecule has 0 radical (unpaired) electrons. The van der Waals surface area contributed by atoms with Gasteiger partial charge in [-0.15, -0.1) is 0 Å². The van der Waals surface area contributed by atoms with Crippen LogP contribution in [0.5, 0.6) is 0 Å². The summed E-state index contributed by atoms with van der Waals surface area (Å²) < 4.78 is 10.1. The lowest BCUT2D eigenvalue weighted by Crippen LogP contribution is -2.11. The van der Waals surface area contributed by atoms with Gasteiger partial charge < -0.3 is 9.05 Å². The molecule has 0 fully saturated rings. The Balaban J connectivity index is 2.36. The maximum absolute atomic E-state index is 5.15. The number of hydrogen-bond donors (Lipinski definition) is 0. The minimum atomic E-state index is -0.149. The summed E-state index contributed by atoms with van der Waals surface area (Å²) in [4.78, 5) is 4.26. The quantitative estimate of drug-likeness (QED) is 0.718. The van der Waals surface area contributed by atoms with Crippen molar-refractivity contribution in [1.29, 1.82) is 0 Å². The van der Waals surface area contributed by atoms with Gasteiger partial charge >= 0.3 is 0 Å². The summed E-state index contributed by atoms with van der Waals surface area (Å²) in [6.07, 6.45) is 0. The van der Waals surface area contributed by atoms with Gasteiger partial charge in [-0.1, -0.05) is 31.1 Å². The van der Waals surface area contributed by atoms with Gasteiger partial charge in [0.25, 0.3) is 0 Å². The van der Waals surface area contributed by atoms with Crippen LogP contribution < -0.4 is 0 Å². The molecule has 2 aromatic heterocycles. The molecule has 0 aliphatic carbocycles. The summed E-state index contributed by atoms with van der Waals surface area (Å²) in [5.41, 5.74) is 0.455. The second kappa shape index (κ2) is 3.18. The molecule has 80 valence electrons. The lowest BCUT2D eigenvalue weighted by Gasteiger charge is -2.10. The summed E-state index contributed by atoms with van der Waals surface area (Å²) in [6, 6.07) is 1.78. The Labute approximate surface area is 87.5 Å². The number of rotatable bonds is 1. The van der Waals surface area contributed by atoms with E-state index < -0.39 is 0 Å². The predicted octanol–water partition coefficient (Wildman–Crippen LogP) is 2.33. The van der Waals surface area contributed by atoms with Crippen LogP contribution in [-0.2, 0) is 5.41 Å². The van der Waals surface area contributed by atoms with Crippen molar-refractivity contribution in [3.63, 3.8) is 0 Å². The fraction of sp³-hybridized carbons (Fsp3) is 0.500. The van der Waals surface area contributed by atoms with Gasteiger partial charge in [-0.05, 0) is 6.92 Å². The summed E-state index contributed by atoms with van der Waals surface area (Å²) in [6.45, 7) is 7.86. The van der Waals surface area contributed by atoms with Crippen molar-refractivity contribution in [2.45, 2.75) is 33.1 Å². The topological polar surface area (TPSA) is 65.0 Å². The highest BCUT2D eigenvalue weighted by Gasteiger charge is 2.23. The first-order valence-electron chi connectivity index (χ1n) is 4.75. The van der Waals surface area contributed by atoms with Crippen molar-refractivity contribution in [2.24, 2.45) is 0 Å². The molecule has 0 unspecified atom stereocenters. The zero-order chi connectivity index (χ0) is 11.1. The Morgan fingerprint density at radius 1 is 1.13 bits per heavy atom. The van der Waals surface area contributed by atoms with Gasteiger partial charge in [0.15, 0.2) is 5.69 Å². The van der Waals surface area contributed by atoms with Crippen molar-refractivity contribution in [3.8, 4) is 11.5 Å². The van der Waals surface area contributed by atoms with Crippen molar-refractivity contribution in [2.75, 3.05) is 0 Å². The van der Waals surface area contributed by atoms with Crippen molar-refractivity contribution < 1.29 is 9.05 Å². The summed E-state index contributed by atoms with van der Waals surface area (Å²) in [5, 5.41) is 7.68. The fourth-order valence-electron chi connectivity index (χ4n) is 1.10. The SMILES string of the molecule is Cc1cc(-c2noc(C(C)(C)C)n2)no1. The molecule has 5 heteroatoms. The van der Waals surface area contributed by atoms with Crippen molar-refractivity contribution >= 4 is 0 Å². The summed E-state index contributed by atoms with van der Waals surface area (Å²) in [7, 11) is 0. The van der Waals surface area contributed by atoms with Gasteiger partial charge in [-0.2, -0.15) is 4.98 Å². The molecule has 0 bridgehead atoms. The van der Waals surface area contributed by atoms with E-state index in [4.69, 9.17) is 9.05 Å². The Hall–Kier alpha value is -1.65. The minimum absolute atomic E-state index is 0.149. The van der Waals surface area contributed by atoms with Gasteiger partial charge in [-0.3, -0.25) is 0 Å². The van der Waals surface area contributed by atoms with Crippen LogP contribution in [-0.4, -0.2) is 15.3 Å². The number of nitrogens with zero attached hydrogens (tertiary/aromatic N) is 3.